The number of aromatic nitrogens is 3. The number of carbonyl (C=O) groups is 1. The van der Waals surface area contributed by atoms with Gasteiger partial charge >= 0.3 is 0 Å². The number of hydrogen-bond donors (Lipinski definition) is 0. The molecular formula is C8H13N3O. The van der Waals surface area contributed by atoms with Crippen molar-refractivity contribution in [2.24, 2.45) is 7.05 Å². The van der Waals surface area contributed by atoms with Gasteiger partial charge < -0.3 is 9.36 Å². The summed E-state index contributed by atoms with van der Waals surface area (Å²) in [5, 5.41) is 7.68. The fraction of sp³-hybridized carbons (Fsp3) is 0.625. The lowest BCUT2D eigenvalue weighted by Gasteiger charge is -2.06. The lowest BCUT2D eigenvalue weighted by atomic mass is 10.1. The number of Topliss-reactive ketones (excluding diaryl/α,β-unsaturated/α-hetero) is 1. The van der Waals surface area contributed by atoms with E-state index in [0.29, 0.717) is 6.42 Å². The predicted octanol–water partition coefficient (Wildman–Crippen LogP) is 0.898. The summed E-state index contributed by atoms with van der Waals surface area (Å²) in [7, 11) is 1.88. The molecule has 0 aliphatic heterocycles. The van der Waals surface area contributed by atoms with E-state index < -0.39 is 0 Å². The SMILES string of the molecule is CC(=O)CC(C)c1nncn1C. The molecule has 0 aliphatic rings. The molecule has 4 nitrogen and oxygen atoms in total. The van der Waals surface area contributed by atoms with E-state index in [0.717, 1.165) is 5.82 Å². The number of aryl methyl sites for hydroxylation is 1. The number of hydrogen-bond acceptors (Lipinski definition) is 3. The zero-order valence-corrected chi connectivity index (χ0v) is 7.61. The van der Waals surface area contributed by atoms with E-state index in [1.807, 2.05) is 18.5 Å². The molecule has 0 aliphatic carbocycles. The van der Waals surface area contributed by atoms with Gasteiger partial charge in [0.2, 0.25) is 0 Å². The maximum absolute atomic E-state index is 10.8. The number of carbonyl (C=O) groups excluding carboxylic acids is 1. The van der Waals surface area contributed by atoms with Crippen molar-refractivity contribution in [2.45, 2.75) is 26.2 Å². The third-order valence-electron chi connectivity index (χ3n) is 1.78. The van der Waals surface area contributed by atoms with Crippen LogP contribution < -0.4 is 0 Å². The van der Waals surface area contributed by atoms with Crippen LogP contribution in [0.25, 0.3) is 0 Å². The van der Waals surface area contributed by atoms with Crippen LogP contribution in [-0.2, 0) is 11.8 Å². The molecule has 1 unspecified atom stereocenters. The lowest BCUT2D eigenvalue weighted by molar-refractivity contribution is -0.117. The first-order chi connectivity index (χ1) is 5.61. The molecule has 0 saturated carbocycles. The molecule has 0 fully saturated rings. The maximum atomic E-state index is 10.8. The Morgan fingerprint density at radius 2 is 2.42 bits per heavy atom. The fourth-order valence-electron chi connectivity index (χ4n) is 1.26. The van der Waals surface area contributed by atoms with Crippen LogP contribution in [0.3, 0.4) is 0 Å². The summed E-state index contributed by atoms with van der Waals surface area (Å²) < 4.78 is 1.84. The van der Waals surface area contributed by atoms with Crippen LogP contribution in [0, 0.1) is 0 Å². The Hall–Kier alpha value is -1.19. The zero-order chi connectivity index (χ0) is 9.14. The first-order valence-corrected chi connectivity index (χ1v) is 3.94. The molecule has 1 rings (SSSR count). The van der Waals surface area contributed by atoms with Gasteiger partial charge in [0.1, 0.15) is 17.9 Å². The van der Waals surface area contributed by atoms with Crippen LogP contribution in [0.1, 0.15) is 32.0 Å². The van der Waals surface area contributed by atoms with Gasteiger partial charge in [-0.3, -0.25) is 0 Å². The van der Waals surface area contributed by atoms with E-state index in [4.69, 9.17) is 0 Å². The van der Waals surface area contributed by atoms with Crippen LogP contribution in [0.4, 0.5) is 0 Å². The number of rotatable bonds is 3. The van der Waals surface area contributed by atoms with Crippen molar-refractivity contribution < 1.29 is 4.79 Å². The second-order valence-corrected chi connectivity index (χ2v) is 3.11. The normalized spacial score (nSPS) is 12.9. The largest absolute Gasteiger partial charge is 0.320 e. The van der Waals surface area contributed by atoms with Crippen molar-refractivity contribution in [2.75, 3.05) is 0 Å². The predicted molar refractivity (Wildman–Crippen MR) is 44.7 cm³/mol. The maximum Gasteiger partial charge on any atom is 0.135 e. The molecule has 0 radical (unpaired) electrons. The van der Waals surface area contributed by atoms with Gasteiger partial charge in [-0.15, -0.1) is 10.2 Å². The van der Waals surface area contributed by atoms with Crippen LogP contribution >= 0.6 is 0 Å². The third-order valence-corrected chi connectivity index (χ3v) is 1.78. The minimum atomic E-state index is 0.162. The second-order valence-electron chi connectivity index (χ2n) is 3.11. The summed E-state index contributed by atoms with van der Waals surface area (Å²) in [6.45, 7) is 3.57. The van der Waals surface area contributed by atoms with E-state index in [-0.39, 0.29) is 11.7 Å². The minimum absolute atomic E-state index is 0.162. The van der Waals surface area contributed by atoms with Crippen molar-refractivity contribution in [3.63, 3.8) is 0 Å². The molecule has 1 heterocycles. The molecule has 0 saturated heterocycles. The van der Waals surface area contributed by atoms with E-state index in [1.165, 1.54) is 0 Å². The van der Waals surface area contributed by atoms with E-state index >= 15 is 0 Å². The van der Waals surface area contributed by atoms with Crippen molar-refractivity contribution in [1.82, 2.24) is 14.8 Å². The Balaban J connectivity index is 2.71. The van der Waals surface area contributed by atoms with Crippen molar-refractivity contribution >= 4 is 5.78 Å². The molecule has 0 aromatic carbocycles. The van der Waals surface area contributed by atoms with Crippen LogP contribution in [0.2, 0.25) is 0 Å². The Morgan fingerprint density at radius 1 is 1.75 bits per heavy atom. The Bertz CT molecular complexity index is 280. The summed E-state index contributed by atoms with van der Waals surface area (Å²) in [5.74, 6) is 1.21. The van der Waals surface area contributed by atoms with E-state index in [2.05, 4.69) is 10.2 Å². The smallest absolute Gasteiger partial charge is 0.135 e. The van der Waals surface area contributed by atoms with Gasteiger partial charge in [-0.25, -0.2) is 0 Å². The van der Waals surface area contributed by atoms with Crippen LogP contribution in [0.5, 0.6) is 0 Å². The first-order valence-electron chi connectivity index (χ1n) is 3.94. The Morgan fingerprint density at radius 3 is 2.83 bits per heavy atom. The monoisotopic (exact) mass is 167 g/mol. The van der Waals surface area contributed by atoms with Gasteiger partial charge in [0, 0.05) is 19.4 Å². The fourth-order valence-corrected chi connectivity index (χ4v) is 1.26. The third kappa shape index (κ3) is 1.90. The van der Waals surface area contributed by atoms with Gasteiger partial charge in [0.15, 0.2) is 0 Å². The Labute approximate surface area is 71.6 Å². The van der Waals surface area contributed by atoms with Gasteiger partial charge in [-0.1, -0.05) is 6.92 Å². The summed E-state index contributed by atoms with van der Waals surface area (Å²) in [5.41, 5.74) is 0. The summed E-state index contributed by atoms with van der Waals surface area (Å²) in [4.78, 5) is 10.8. The van der Waals surface area contributed by atoms with Gasteiger partial charge in [0.25, 0.3) is 0 Å². The standard InChI is InChI=1S/C8H13N3O/c1-6(4-7(2)12)8-10-9-5-11(8)3/h5-6H,4H2,1-3H3. The average molecular weight is 167 g/mol. The van der Waals surface area contributed by atoms with Gasteiger partial charge in [0.05, 0.1) is 0 Å². The van der Waals surface area contributed by atoms with Crippen molar-refractivity contribution in [3.8, 4) is 0 Å². The summed E-state index contributed by atoms with van der Waals surface area (Å²) in [6, 6.07) is 0. The quantitative estimate of drug-likeness (QED) is 0.672. The molecule has 4 heteroatoms. The molecule has 0 N–H and O–H groups in total. The highest BCUT2D eigenvalue weighted by Crippen LogP contribution is 2.15. The molecule has 1 aromatic rings. The molecular weight excluding hydrogens is 154 g/mol. The Kier molecular flexibility index (Phi) is 2.58. The van der Waals surface area contributed by atoms with E-state index in [9.17, 15) is 4.79 Å². The van der Waals surface area contributed by atoms with E-state index in [1.54, 1.807) is 13.3 Å². The molecule has 0 bridgehead atoms. The van der Waals surface area contributed by atoms with Crippen molar-refractivity contribution in [3.05, 3.63) is 12.2 Å². The van der Waals surface area contributed by atoms with Gasteiger partial charge in [-0.05, 0) is 6.92 Å². The highest BCUT2D eigenvalue weighted by atomic mass is 16.1. The highest BCUT2D eigenvalue weighted by Gasteiger charge is 2.12. The zero-order valence-electron chi connectivity index (χ0n) is 7.61. The molecule has 1 aromatic heterocycles. The molecule has 66 valence electrons. The number of ketones is 1. The molecule has 1 atom stereocenters. The lowest BCUT2D eigenvalue weighted by Crippen LogP contribution is -2.06. The molecule has 0 spiro atoms. The van der Waals surface area contributed by atoms with Crippen LogP contribution in [0.15, 0.2) is 6.33 Å². The minimum Gasteiger partial charge on any atom is -0.320 e. The second kappa shape index (κ2) is 3.47. The first kappa shape index (κ1) is 8.90. The summed E-state index contributed by atoms with van der Waals surface area (Å²) >= 11 is 0. The molecule has 0 amide bonds. The van der Waals surface area contributed by atoms with Crippen molar-refractivity contribution in [1.29, 1.82) is 0 Å². The average Bonchev–Trinajstić information content (AvgIpc) is 2.33. The summed E-state index contributed by atoms with van der Waals surface area (Å²) in [6.07, 6.45) is 2.18. The van der Waals surface area contributed by atoms with Gasteiger partial charge in [-0.2, -0.15) is 0 Å². The highest BCUT2D eigenvalue weighted by molar-refractivity contribution is 5.76. The van der Waals surface area contributed by atoms with Crippen LogP contribution in [-0.4, -0.2) is 20.5 Å². The number of nitrogens with zero attached hydrogens (tertiary/aromatic N) is 3. The topological polar surface area (TPSA) is 47.8 Å². The molecule has 12 heavy (non-hydrogen) atoms.